The van der Waals surface area contributed by atoms with Crippen molar-refractivity contribution >= 4 is 23.5 Å². The van der Waals surface area contributed by atoms with Crippen LogP contribution < -0.4 is 0 Å². The van der Waals surface area contributed by atoms with E-state index >= 15 is 0 Å². The van der Waals surface area contributed by atoms with Crippen molar-refractivity contribution in [2.24, 2.45) is 0 Å². The Bertz CT molecular complexity index is 713. The van der Waals surface area contributed by atoms with Gasteiger partial charge < -0.3 is 9.64 Å². The molecule has 2 rings (SSSR count). The van der Waals surface area contributed by atoms with Gasteiger partial charge in [-0.1, -0.05) is 41.9 Å². The Balaban J connectivity index is 2.21. The summed E-state index contributed by atoms with van der Waals surface area (Å²) in [7, 11) is 1.34. The summed E-state index contributed by atoms with van der Waals surface area (Å²) in [6.45, 7) is 2.60. The summed E-state index contributed by atoms with van der Waals surface area (Å²) < 4.78 is 4.68. The first-order chi connectivity index (χ1) is 11.5. The molecule has 0 aromatic heterocycles. The fraction of sp³-hybridized carbons (Fsp3) is 0.263. The molecule has 24 heavy (non-hydrogen) atoms. The average Bonchev–Trinajstić information content (AvgIpc) is 2.59. The molecule has 5 heteroatoms. The molecule has 1 amide bonds. The van der Waals surface area contributed by atoms with Crippen LogP contribution in [0.3, 0.4) is 0 Å². The lowest BCUT2D eigenvalue weighted by molar-refractivity contribution is -0.140. The first-order valence-electron chi connectivity index (χ1n) is 7.67. The maximum absolute atomic E-state index is 12.9. The molecular formula is C19H20ClNO3. The van der Waals surface area contributed by atoms with E-state index in [0.717, 1.165) is 11.1 Å². The second kappa shape index (κ2) is 8.50. The van der Waals surface area contributed by atoms with Gasteiger partial charge in [-0.25, -0.2) is 0 Å². The van der Waals surface area contributed by atoms with Gasteiger partial charge >= 0.3 is 5.97 Å². The van der Waals surface area contributed by atoms with Crippen LogP contribution in [-0.2, 0) is 16.1 Å². The SMILES string of the molecule is COC(=O)CCN(Cc1ccc(Cl)cc1)C(=O)c1ccccc1C. The zero-order valence-electron chi connectivity index (χ0n) is 13.8. The number of esters is 1. The molecule has 0 saturated carbocycles. The highest BCUT2D eigenvalue weighted by atomic mass is 35.5. The largest absolute Gasteiger partial charge is 0.469 e. The molecule has 0 unspecified atom stereocenters. The van der Waals surface area contributed by atoms with E-state index in [-0.39, 0.29) is 18.3 Å². The van der Waals surface area contributed by atoms with Crippen molar-refractivity contribution in [1.82, 2.24) is 4.90 Å². The minimum atomic E-state index is -0.339. The van der Waals surface area contributed by atoms with Crippen LogP contribution in [-0.4, -0.2) is 30.4 Å². The van der Waals surface area contributed by atoms with Gasteiger partial charge in [0.25, 0.3) is 5.91 Å². The molecule has 0 spiro atoms. The zero-order valence-corrected chi connectivity index (χ0v) is 14.5. The summed E-state index contributed by atoms with van der Waals surface area (Å²) in [5, 5.41) is 0.644. The van der Waals surface area contributed by atoms with Crippen LogP contribution in [0.4, 0.5) is 0 Å². The Morgan fingerprint density at radius 3 is 2.38 bits per heavy atom. The Morgan fingerprint density at radius 1 is 1.08 bits per heavy atom. The van der Waals surface area contributed by atoms with Gasteiger partial charge in [0.1, 0.15) is 0 Å². The van der Waals surface area contributed by atoms with E-state index in [0.29, 0.717) is 23.7 Å². The highest BCUT2D eigenvalue weighted by Gasteiger charge is 2.19. The molecule has 0 saturated heterocycles. The molecule has 4 nitrogen and oxygen atoms in total. The molecule has 2 aromatic rings. The van der Waals surface area contributed by atoms with E-state index < -0.39 is 0 Å². The predicted octanol–water partition coefficient (Wildman–Crippen LogP) is 3.85. The summed E-state index contributed by atoms with van der Waals surface area (Å²) in [6.07, 6.45) is 0.154. The van der Waals surface area contributed by atoms with Crippen LogP contribution in [0.15, 0.2) is 48.5 Å². The number of carbonyl (C=O) groups is 2. The molecule has 0 aliphatic rings. The van der Waals surface area contributed by atoms with Crippen molar-refractivity contribution in [1.29, 1.82) is 0 Å². The Morgan fingerprint density at radius 2 is 1.75 bits per heavy atom. The van der Waals surface area contributed by atoms with Crippen molar-refractivity contribution in [3.05, 3.63) is 70.2 Å². The lowest BCUT2D eigenvalue weighted by Crippen LogP contribution is -2.33. The summed E-state index contributed by atoms with van der Waals surface area (Å²) in [5.41, 5.74) is 2.49. The first-order valence-corrected chi connectivity index (χ1v) is 8.05. The number of amides is 1. The van der Waals surface area contributed by atoms with E-state index in [9.17, 15) is 9.59 Å². The van der Waals surface area contributed by atoms with Crippen LogP contribution in [0.5, 0.6) is 0 Å². The lowest BCUT2D eigenvalue weighted by atomic mass is 10.1. The molecular weight excluding hydrogens is 326 g/mol. The van der Waals surface area contributed by atoms with Gasteiger partial charge in [-0.2, -0.15) is 0 Å². The Labute approximate surface area is 147 Å². The summed E-state index contributed by atoms with van der Waals surface area (Å²) >= 11 is 5.91. The molecule has 126 valence electrons. The number of benzene rings is 2. The van der Waals surface area contributed by atoms with E-state index in [1.54, 1.807) is 23.1 Å². The standard InChI is InChI=1S/C19H20ClNO3/c1-14-5-3-4-6-17(14)19(23)21(12-11-18(22)24-2)13-15-7-9-16(20)10-8-15/h3-10H,11-13H2,1-2H3. The molecule has 2 aromatic carbocycles. The van der Waals surface area contributed by atoms with Crippen molar-refractivity contribution in [3.8, 4) is 0 Å². The molecule has 0 aliphatic carbocycles. The van der Waals surface area contributed by atoms with Crippen LogP contribution in [0.1, 0.15) is 27.9 Å². The fourth-order valence-electron chi connectivity index (χ4n) is 2.37. The highest BCUT2D eigenvalue weighted by Crippen LogP contribution is 2.16. The van der Waals surface area contributed by atoms with Crippen LogP contribution >= 0.6 is 11.6 Å². The molecule has 0 bridgehead atoms. The average molecular weight is 346 g/mol. The summed E-state index contributed by atoms with van der Waals surface area (Å²) in [6, 6.07) is 14.7. The quantitative estimate of drug-likeness (QED) is 0.747. The van der Waals surface area contributed by atoms with E-state index in [1.807, 2.05) is 37.3 Å². The van der Waals surface area contributed by atoms with Gasteiger partial charge in [0.15, 0.2) is 0 Å². The number of nitrogens with zero attached hydrogens (tertiary/aromatic N) is 1. The van der Waals surface area contributed by atoms with Gasteiger partial charge in [0.2, 0.25) is 0 Å². The number of hydrogen-bond acceptors (Lipinski definition) is 3. The normalized spacial score (nSPS) is 10.3. The van der Waals surface area contributed by atoms with Gasteiger partial charge in [-0.3, -0.25) is 9.59 Å². The van der Waals surface area contributed by atoms with E-state index in [1.165, 1.54) is 7.11 Å². The van der Waals surface area contributed by atoms with Gasteiger partial charge in [-0.05, 0) is 36.2 Å². The first kappa shape index (κ1) is 18.0. The second-order valence-electron chi connectivity index (χ2n) is 5.49. The summed E-state index contributed by atoms with van der Waals surface area (Å²) in [4.78, 5) is 26.0. The monoisotopic (exact) mass is 345 g/mol. The number of halogens is 1. The van der Waals surface area contributed by atoms with Crippen molar-refractivity contribution in [3.63, 3.8) is 0 Å². The number of methoxy groups -OCH3 is 1. The third kappa shape index (κ3) is 4.83. The minimum absolute atomic E-state index is 0.105. The van der Waals surface area contributed by atoms with Crippen LogP contribution in [0.2, 0.25) is 5.02 Å². The molecule has 0 heterocycles. The van der Waals surface area contributed by atoms with Crippen molar-refractivity contribution in [2.75, 3.05) is 13.7 Å². The second-order valence-corrected chi connectivity index (χ2v) is 5.93. The number of rotatable bonds is 6. The van der Waals surface area contributed by atoms with Gasteiger partial charge in [-0.15, -0.1) is 0 Å². The number of aryl methyl sites for hydroxylation is 1. The Kier molecular flexibility index (Phi) is 6.38. The molecule has 0 radical (unpaired) electrons. The topological polar surface area (TPSA) is 46.6 Å². The molecule has 0 atom stereocenters. The smallest absolute Gasteiger partial charge is 0.307 e. The third-order valence-corrected chi connectivity index (χ3v) is 4.01. The fourth-order valence-corrected chi connectivity index (χ4v) is 2.50. The van der Waals surface area contributed by atoms with Crippen molar-refractivity contribution < 1.29 is 14.3 Å². The number of ether oxygens (including phenoxy) is 1. The molecule has 0 aliphatic heterocycles. The van der Waals surface area contributed by atoms with Crippen LogP contribution in [0, 0.1) is 6.92 Å². The predicted molar refractivity (Wildman–Crippen MR) is 94.0 cm³/mol. The van der Waals surface area contributed by atoms with E-state index in [4.69, 9.17) is 11.6 Å². The molecule has 0 fully saturated rings. The maximum atomic E-state index is 12.9. The maximum Gasteiger partial charge on any atom is 0.307 e. The van der Waals surface area contributed by atoms with Gasteiger partial charge in [0.05, 0.1) is 13.5 Å². The van der Waals surface area contributed by atoms with Crippen LogP contribution in [0.25, 0.3) is 0 Å². The molecule has 0 N–H and O–H groups in total. The number of carbonyl (C=O) groups excluding carboxylic acids is 2. The number of hydrogen-bond donors (Lipinski definition) is 0. The minimum Gasteiger partial charge on any atom is -0.469 e. The van der Waals surface area contributed by atoms with Gasteiger partial charge in [0, 0.05) is 23.7 Å². The Hall–Kier alpha value is -2.33. The zero-order chi connectivity index (χ0) is 17.5. The lowest BCUT2D eigenvalue weighted by Gasteiger charge is -2.23. The van der Waals surface area contributed by atoms with E-state index in [2.05, 4.69) is 4.74 Å². The van der Waals surface area contributed by atoms with Crippen molar-refractivity contribution in [2.45, 2.75) is 19.9 Å². The summed E-state index contributed by atoms with van der Waals surface area (Å²) in [5.74, 6) is -0.444. The highest BCUT2D eigenvalue weighted by molar-refractivity contribution is 6.30. The third-order valence-electron chi connectivity index (χ3n) is 3.76.